The molecule has 2 aromatic carbocycles. The lowest BCUT2D eigenvalue weighted by atomic mass is 9.96. The Hall–Kier alpha value is -1.84. The first kappa shape index (κ1) is 25.4. The summed E-state index contributed by atoms with van der Waals surface area (Å²) in [5.41, 5.74) is 2.47. The molecule has 1 aliphatic rings. The lowest BCUT2D eigenvalue weighted by Gasteiger charge is -2.25. The number of fused-ring (bicyclic) bond motifs is 1. The van der Waals surface area contributed by atoms with E-state index in [2.05, 4.69) is 16.7 Å². The molecule has 1 unspecified atom stereocenters. The van der Waals surface area contributed by atoms with Gasteiger partial charge in [-0.25, -0.2) is 4.99 Å². The number of aliphatic imine (C=N–C) groups is 1. The van der Waals surface area contributed by atoms with Crippen LogP contribution in [-0.2, 0) is 23.3 Å². The number of ether oxygens (including phenoxy) is 2. The quantitative estimate of drug-likeness (QED) is 0.186. The summed E-state index contributed by atoms with van der Waals surface area (Å²) in [5.74, 6) is 1.53. The van der Waals surface area contributed by atoms with Crippen LogP contribution in [0.5, 0.6) is 5.75 Å². The van der Waals surface area contributed by atoms with E-state index < -0.39 is 5.60 Å². The van der Waals surface area contributed by atoms with Crippen molar-refractivity contribution < 1.29 is 14.6 Å². The van der Waals surface area contributed by atoms with E-state index in [1.165, 1.54) is 5.56 Å². The minimum atomic E-state index is -0.871. The maximum Gasteiger partial charge on any atom is 0.191 e. The van der Waals surface area contributed by atoms with Crippen molar-refractivity contribution >= 4 is 29.9 Å². The molecule has 0 bridgehead atoms. The summed E-state index contributed by atoms with van der Waals surface area (Å²) in [6, 6.07) is 16.0. The van der Waals surface area contributed by atoms with Crippen LogP contribution >= 0.6 is 24.0 Å². The number of aliphatic hydroxyl groups is 1. The minimum Gasteiger partial charge on any atom is -0.497 e. The second-order valence-electron chi connectivity index (χ2n) is 7.53. The van der Waals surface area contributed by atoms with Crippen LogP contribution in [0.15, 0.2) is 53.5 Å². The van der Waals surface area contributed by atoms with Crippen molar-refractivity contribution in [2.24, 2.45) is 4.99 Å². The van der Waals surface area contributed by atoms with Gasteiger partial charge in [-0.15, -0.1) is 24.0 Å². The number of nitrogens with zero attached hydrogens (tertiary/aromatic N) is 1. The zero-order valence-corrected chi connectivity index (χ0v) is 20.7. The van der Waals surface area contributed by atoms with Crippen LogP contribution in [0.4, 0.5) is 0 Å². The molecule has 0 amide bonds. The average Bonchev–Trinajstić information content (AvgIpc) is 3.12. The standard InChI is InChI=1S/C24H33N3O3.HI/c1-3-30-16-6-15-25-23(26-17-19-9-11-21(29-2)12-10-19)27-18-24(28)14-13-20-7-4-5-8-22(20)24;/h4-5,7-12,28H,3,6,13-18H2,1-2H3,(H2,25,26,27);1H. The Morgan fingerprint density at radius 3 is 2.65 bits per heavy atom. The third-order valence-electron chi connectivity index (χ3n) is 5.42. The fourth-order valence-electron chi connectivity index (χ4n) is 3.68. The van der Waals surface area contributed by atoms with Crippen LogP contribution in [0.1, 0.15) is 36.5 Å². The van der Waals surface area contributed by atoms with Gasteiger partial charge in [0.15, 0.2) is 5.96 Å². The predicted molar refractivity (Wildman–Crippen MR) is 135 cm³/mol. The molecular weight excluding hydrogens is 505 g/mol. The van der Waals surface area contributed by atoms with Crippen molar-refractivity contribution in [2.45, 2.75) is 38.3 Å². The molecule has 170 valence electrons. The number of benzene rings is 2. The molecule has 1 aliphatic carbocycles. The van der Waals surface area contributed by atoms with E-state index >= 15 is 0 Å². The van der Waals surface area contributed by atoms with Gasteiger partial charge in [0.2, 0.25) is 0 Å². The summed E-state index contributed by atoms with van der Waals surface area (Å²) < 4.78 is 10.6. The SMILES string of the molecule is CCOCCCNC(=NCc1ccc(OC)cc1)NCC1(O)CCc2ccccc21.I. The van der Waals surface area contributed by atoms with Crippen LogP contribution in [0.3, 0.4) is 0 Å². The largest absolute Gasteiger partial charge is 0.497 e. The van der Waals surface area contributed by atoms with Gasteiger partial charge in [-0.3, -0.25) is 0 Å². The molecule has 0 spiro atoms. The number of nitrogens with one attached hydrogen (secondary N) is 2. The Kier molecular flexibility index (Phi) is 10.6. The van der Waals surface area contributed by atoms with Crippen LogP contribution < -0.4 is 15.4 Å². The fraction of sp³-hybridized carbons (Fsp3) is 0.458. The fourth-order valence-corrected chi connectivity index (χ4v) is 3.68. The Balaban J connectivity index is 0.00000341. The van der Waals surface area contributed by atoms with E-state index in [-0.39, 0.29) is 24.0 Å². The molecule has 3 N–H and O–H groups in total. The second-order valence-corrected chi connectivity index (χ2v) is 7.53. The van der Waals surface area contributed by atoms with Crippen molar-refractivity contribution in [1.82, 2.24) is 10.6 Å². The highest BCUT2D eigenvalue weighted by molar-refractivity contribution is 14.0. The van der Waals surface area contributed by atoms with Gasteiger partial charge >= 0.3 is 0 Å². The highest BCUT2D eigenvalue weighted by Gasteiger charge is 2.36. The van der Waals surface area contributed by atoms with Gasteiger partial charge in [-0.2, -0.15) is 0 Å². The lowest BCUT2D eigenvalue weighted by Crippen LogP contribution is -2.45. The molecule has 7 heteroatoms. The number of methoxy groups -OCH3 is 1. The number of rotatable bonds is 10. The van der Waals surface area contributed by atoms with E-state index in [4.69, 9.17) is 14.5 Å². The van der Waals surface area contributed by atoms with Crippen molar-refractivity contribution in [2.75, 3.05) is 33.4 Å². The molecular formula is C24H34IN3O3. The average molecular weight is 539 g/mol. The van der Waals surface area contributed by atoms with Crippen molar-refractivity contribution in [3.63, 3.8) is 0 Å². The van der Waals surface area contributed by atoms with Crippen LogP contribution in [0.2, 0.25) is 0 Å². The van der Waals surface area contributed by atoms with Gasteiger partial charge in [-0.05, 0) is 55.0 Å². The Morgan fingerprint density at radius 1 is 1.13 bits per heavy atom. The van der Waals surface area contributed by atoms with Crippen LogP contribution in [-0.4, -0.2) is 44.5 Å². The van der Waals surface area contributed by atoms with Crippen LogP contribution in [0.25, 0.3) is 0 Å². The first-order valence-corrected chi connectivity index (χ1v) is 10.7. The number of guanidine groups is 1. The molecule has 0 saturated carbocycles. The number of hydrogen-bond acceptors (Lipinski definition) is 4. The number of hydrogen-bond donors (Lipinski definition) is 3. The Bertz CT molecular complexity index is 829. The first-order valence-electron chi connectivity index (χ1n) is 10.7. The number of aryl methyl sites for hydroxylation is 1. The van der Waals surface area contributed by atoms with E-state index in [0.717, 1.165) is 49.3 Å². The normalized spacial score (nSPS) is 17.6. The van der Waals surface area contributed by atoms with E-state index in [0.29, 0.717) is 25.7 Å². The monoisotopic (exact) mass is 539 g/mol. The molecule has 0 aromatic heterocycles. The molecule has 0 saturated heterocycles. The van der Waals surface area contributed by atoms with Gasteiger partial charge in [0.05, 0.1) is 20.2 Å². The topological polar surface area (TPSA) is 75.1 Å². The Morgan fingerprint density at radius 2 is 1.90 bits per heavy atom. The van der Waals surface area contributed by atoms with Gasteiger partial charge in [-0.1, -0.05) is 36.4 Å². The molecule has 2 aromatic rings. The molecule has 0 aliphatic heterocycles. The molecule has 0 heterocycles. The van der Waals surface area contributed by atoms with E-state index in [9.17, 15) is 5.11 Å². The molecule has 0 radical (unpaired) electrons. The highest BCUT2D eigenvalue weighted by atomic mass is 127. The maximum absolute atomic E-state index is 11.2. The molecule has 1 atom stereocenters. The lowest BCUT2D eigenvalue weighted by molar-refractivity contribution is 0.0432. The van der Waals surface area contributed by atoms with Gasteiger partial charge < -0.3 is 25.2 Å². The molecule has 0 fully saturated rings. The van der Waals surface area contributed by atoms with E-state index in [1.54, 1.807) is 7.11 Å². The van der Waals surface area contributed by atoms with Gasteiger partial charge in [0, 0.05) is 19.8 Å². The summed E-state index contributed by atoms with van der Waals surface area (Å²) >= 11 is 0. The third-order valence-corrected chi connectivity index (χ3v) is 5.42. The zero-order chi connectivity index (χ0) is 21.2. The molecule has 31 heavy (non-hydrogen) atoms. The smallest absolute Gasteiger partial charge is 0.191 e. The zero-order valence-electron chi connectivity index (χ0n) is 18.4. The first-order chi connectivity index (χ1) is 14.6. The summed E-state index contributed by atoms with van der Waals surface area (Å²) in [6.45, 7) is 5.15. The highest BCUT2D eigenvalue weighted by Crippen LogP contribution is 2.36. The van der Waals surface area contributed by atoms with Gasteiger partial charge in [0.25, 0.3) is 0 Å². The van der Waals surface area contributed by atoms with Crippen molar-refractivity contribution in [3.8, 4) is 5.75 Å². The summed E-state index contributed by atoms with van der Waals surface area (Å²) in [4.78, 5) is 4.72. The Labute approximate surface area is 202 Å². The summed E-state index contributed by atoms with van der Waals surface area (Å²) in [6.07, 6.45) is 2.51. The van der Waals surface area contributed by atoms with E-state index in [1.807, 2.05) is 49.4 Å². The van der Waals surface area contributed by atoms with Gasteiger partial charge in [0.1, 0.15) is 11.4 Å². The van der Waals surface area contributed by atoms with Crippen LogP contribution in [0, 0.1) is 0 Å². The summed E-state index contributed by atoms with van der Waals surface area (Å²) in [5, 5.41) is 17.9. The van der Waals surface area contributed by atoms with Crippen molar-refractivity contribution in [3.05, 3.63) is 65.2 Å². The molecule has 6 nitrogen and oxygen atoms in total. The van der Waals surface area contributed by atoms with Crippen molar-refractivity contribution in [1.29, 1.82) is 0 Å². The molecule has 3 rings (SSSR count). The third kappa shape index (κ3) is 7.36. The maximum atomic E-state index is 11.2. The summed E-state index contributed by atoms with van der Waals surface area (Å²) in [7, 11) is 1.66. The minimum absolute atomic E-state index is 0. The number of halogens is 1. The predicted octanol–water partition coefficient (Wildman–Crippen LogP) is 3.61. The second kappa shape index (κ2) is 12.9.